The zero-order valence-electron chi connectivity index (χ0n) is 14.5. The number of rotatable bonds is 5. The minimum absolute atomic E-state index is 0. The third kappa shape index (κ3) is 5.82. The van der Waals surface area contributed by atoms with Crippen LogP contribution in [0, 0.1) is 0 Å². The van der Waals surface area contributed by atoms with Gasteiger partial charge < -0.3 is 10.0 Å². The molecule has 136 valence electrons. The second-order valence-corrected chi connectivity index (χ2v) is 7.64. The molecule has 0 saturated carbocycles. The van der Waals surface area contributed by atoms with Gasteiger partial charge in [-0.15, -0.1) is 12.4 Å². The highest BCUT2D eigenvalue weighted by molar-refractivity contribution is 9.10. The molecule has 1 aliphatic heterocycles. The Kier molecular flexibility index (Phi) is 8.44. The molecular formula is C21H27BrClNO. The molecule has 3 rings (SSSR count). The molecule has 2 nitrogen and oxygen atoms in total. The van der Waals surface area contributed by atoms with Crippen LogP contribution in [0.3, 0.4) is 0 Å². The molecule has 1 N–H and O–H groups in total. The summed E-state index contributed by atoms with van der Waals surface area (Å²) >= 11 is 3.47. The smallest absolute Gasteiger partial charge is 0.0870 e. The largest absolute Gasteiger partial charge is 0.388 e. The molecule has 0 aromatic heterocycles. The first-order chi connectivity index (χ1) is 11.7. The topological polar surface area (TPSA) is 23.5 Å². The minimum Gasteiger partial charge on any atom is -0.388 e. The predicted octanol–water partition coefficient (Wildman–Crippen LogP) is 5.56. The Morgan fingerprint density at radius 1 is 0.840 bits per heavy atom. The van der Waals surface area contributed by atoms with E-state index >= 15 is 0 Å². The number of nitrogens with zero attached hydrogens (tertiary/aromatic N) is 1. The normalized spacial score (nSPS) is 18.0. The van der Waals surface area contributed by atoms with Gasteiger partial charge in [-0.3, -0.25) is 0 Å². The van der Waals surface area contributed by atoms with Crippen molar-refractivity contribution in [2.45, 2.75) is 37.7 Å². The van der Waals surface area contributed by atoms with Crippen LogP contribution in [0.5, 0.6) is 0 Å². The van der Waals surface area contributed by atoms with Gasteiger partial charge in [-0.1, -0.05) is 71.2 Å². The Hall–Kier alpha value is -0.870. The lowest BCUT2D eigenvalue weighted by atomic mass is 9.88. The molecule has 25 heavy (non-hydrogen) atoms. The summed E-state index contributed by atoms with van der Waals surface area (Å²) < 4.78 is 1.04. The van der Waals surface area contributed by atoms with Crippen molar-refractivity contribution >= 4 is 28.3 Å². The molecule has 0 radical (unpaired) electrons. The Bertz CT molecular complexity index is 612. The Balaban J connectivity index is 0.00000225. The van der Waals surface area contributed by atoms with Gasteiger partial charge in [0.05, 0.1) is 6.10 Å². The SMILES string of the molecule is Cl.OC(c1ccc(Br)cc1)C(CN1CCCCCC1)c1ccccc1. The first-order valence-electron chi connectivity index (χ1n) is 8.95. The second-order valence-electron chi connectivity index (χ2n) is 6.73. The van der Waals surface area contributed by atoms with Crippen LogP contribution in [0.25, 0.3) is 0 Å². The summed E-state index contributed by atoms with van der Waals surface area (Å²) in [6, 6.07) is 18.5. The molecule has 4 heteroatoms. The van der Waals surface area contributed by atoms with E-state index in [1.807, 2.05) is 30.3 Å². The van der Waals surface area contributed by atoms with Crippen molar-refractivity contribution in [3.05, 3.63) is 70.2 Å². The van der Waals surface area contributed by atoms with E-state index in [0.29, 0.717) is 0 Å². The molecule has 0 aliphatic carbocycles. The minimum atomic E-state index is -0.483. The Morgan fingerprint density at radius 2 is 1.44 bits per heavy atom. The Morgan fingerprint density at radius 3 is 2.04 bits per heavy atom. The zero-order chi connectivity index (χ0) is 16.8. The maximum atomic E-state index is 11.1. The summed E-state index contributed by atoms with van der Waals surface area (Å²) in [6.45, 7) is 3.22. The summed E-state index contributed by atoms with van der Waals surface area (Å²) in [7, 11) is 0. The maximum Gasteiger partial charge on any atom is 0.0870 e. The molecule has 1 aliphatic rings. The average Bonchev–Trinajstić information content (AvgIpc) is 2.89. The molecular weight excluding hydrogens is 398 g/mol. The van der Waals surface area contributed by atoms with Crippen molar-refractivity contribution in [2.24, 2.45) is 0 Å². The van der Waals surface area contributed by atoms with Gasteiger partial charge in [0.2, 0.25) is 0 Å². The van der Waals surface area contributed by atoms with E-state index in [2.05, 4.69) is 45.1 Å². The first kappa shape index (κ1) is 20.4. The number of hydrogen-bond acceptors (Lipinski definition) is 2. The fourth-order valence-corrected chi connectivity index (χ4v) is 3.84. The third-order valence-electron chi connectivity index (χ3n) is 4.97. The molecule has 1 heterocycles. The van der Waals surface area contributed by atoms with E-state index in [-0.39, 0.29) is 18.3 Å². The van der Waals surface area contributed by atoms with Crippen molar-refractivity contribution in [3.63, 3.8) is 0 Å². The summed E-state index contributed by atoms with van der Waals surface area (Å²) in [5.41, 5.74) is 2.21. The summed E-state index contributed by atoms with van der Waals surface area (Å²) in [6.07, 6.45) is 4.73. The number of aliphatic hydroxyl groups is 1. The van der Waals surface area contributed by atoms with E-state index in [0.717, 1.165) is 29.7 Å². The second kappa shape index (κ2) is 10.3. The van der Waals surface area contributed by atoms with Crippen LogP contribution in [0.4, 0.5) is 0 Å². The Labute approximate surface area is 165 Å². The molecule has 2 atom stereocenters. The summed E-state index contributed by atoms with van der Waals surface area (Å²) in [4.78, 5) is 2.53. The van der Waals surface area contributed by atoms with Crippen LogP contribution in [-0.4, -0.2) is 29.6 Å². The van der Waals surface area contributed by atoms with Crippen molar-refractivity contribution in [1.82, 2.24) is 4.90 Å². The average molecular weight is 425 g/mol. The highest BCUT2D eigenvalue weighted by Crippen LogP contribution is 2.33. The monoisotopic (exact) mass is 423 g/mol. The van der Waals surface area contributed by atoms with Crippen LogP contribution in [-0.2, 0) is 0 Å². The van der Waals surface area contributed by atoms with Gasteiger partial charge in [-0.25, -0.2) is 0 Å². The van der Waals surface area contributed by atoms with Crippen LogP contribution in [0.1, 0.15) is 48.8 Å². The number of benzene rings is 2. The lowest BCUT2D eigenvalue weighted by Gasteiger charge is -2.30. The predicted molar refractivity (Wildman–Crippen MR) is 110 cm³/mol. The van der Waals surface area contributed by atoms with E-state index in [1.54, 1.807) is 0 Å². The molecule has 1 saturated heterocycles. The maximum absolute atomic E-state index is 11.1. The van der Waals surface area contributed by atoms with Crippen molar-refractivity contribution in [1.29, 1.82) is 0 Å². The third-order valence-corrected chi connectivity index (χ3v) is 5.50. The van der Waals surface area contributed by atoms with Gasteiger partial charge in [0.1, 0.15) is 0 Å². The molecule has 2 unspecified atom stereocenters. The molecule has 2 aromatic carbocycles. The van der Waals surface area contributed by atoms with Gasteiger partial charge in [-0.05, 0) is 49.2 Å². The van der Waals surface area contributed by atoms with Gasteiger partial charge in [0, 0.05) is 16.9 Å². The fourth-order valence-electron chi connectivity index (χ4n) is 3.58. The van der Waals surface area contributed by atoms with Crippen LogP contribution >= 0.6 is 28.3 Å². The molecule has 1 fully saturated rings. The zero-order valence-corrected chi connectivity index (χ0v) is 16.9. The molecule has 0 amide bonds. The summed E-state index contributed by atoms with van der Waals surface area (Å²) in [5.74, 6) is 0.102. The van der Waals surface area contributed by atoms with Gasteiger partial charge in [0.25, 0.3) is 0 Å². The van der Waals surface area contributed by atoms with E-state index in [4.69, 9.17) is 0 Å². The summed E-state index contributed by atoms with van der Waals surface area (Å²) in [5, 5.41) is 11.1. The van der Waals surface area contributed by atoms with E-state index < -0.39 is 6.10 Å². The van der Waals surface area contributed by atoms with Crippen molar-refractivity contribution in [2.75, 3.05) is 19.6 Å². The van der Waals surface area contributed by atoms with Gasteiger partial charge in [0.15, 0.2) is 0 Å². The van der Waals surface area contributed by atoms with Crippen molar-refractivity contribution in [3.8, 4) is 0 Å². The van der Waals surface area contributed by atoms with Crippen molar-refractivity contribution < 1.29 is 5.11 Å². The standard InChI is InChI=1S/C21H26BrNO.ClH/c22-19-12-10-18(11-13-19)21(24)20(17-8-4-3-5-9-17)16-23-14-6-1-2-7-15-23;/h3-5,8-13,20-21,24H,1-2,6-7,14-16H2;1H. The number of halogens is 2. The number of hydrogen-bond donors (Lipinski definition) is 1. The lowest BCUT2D eigenvalue weighted by molar-refractivity contribution is 0.117. The van der Waals surface area contributed by atoms with Crippen LogP contribution in [0.15, 0.2) is 59.1 Å². The molecule has 0 bridgehead atoms. The highest BCUT2D eigenvalue weighted by atomic mass is 79.9. The van der Waals surface area contributed by atoms with Crippen LogP contribution < -0.4 is 0 Å². The van der Waals surface area contributed by atoms with Gasteiger partial charge in [-0.2, -0.15) is 0 Å². The van der Waals surface area contributed by atoms with E-state index in [9.17, 15) is 5.11 Å². The number of aliphatic hydroxyl groups excluding tert-OH is 1. The first-order valence-corrected chi connectivity index (χ1v) is 9.74. The van der Waals surface area contributed by atoms with E-state index in [1.165, 1.54) is 31.2 Å². The number of likely N-dealkylation sites (tertiary alicyclic amines) is 1. The van der Waals surface area contributed by atoms with Gasteiger partial charge >= 0.3 is 0 Å². The quantitative estimate of drug-likeness (QED) is 0.679. The lowest BCUT2D eigenvalue weighted by Crippen LogP contribution is -2.32. The highest BCUT2D eigenvalue weighted by Gasteiger charge is 2.25. The van der Waals surface area contributed by atoms with Crippen LogP contribution in [0.2, 0.25) is 0 Å². The molecule has 0 spiro atoms. The fraction of sp³-hybridized carbons (Fsp3) is 0.429. The molecule has 2 aromatic rings.